The molecule has 1 heterocycles. The van der Waals surface area contributed by atoms with E-state index in [1.807, 2.05) is 6.92 Å². The number of nitrogens with one attached hydrogen (secondary N) is 2. The van der Waals surface area contributed by atoms with Crippen LogP contribution in [-0.4, -0.2) is 32.1 Å². The first-order chi connectivity index (χ1) is 5.11. The first-order valence-electron chi connectivity index (χ1n) is 3.66. The number of β-lactam (4-membered cyclic amide) rings is 1. The van der Waals surface area contributed by atoms with Crippen LogP contribution in [0.2, 0.25) is 0 Å². The third-order valence-corrected chi connectivity index (χ3v) is 1.88. The molecule has 0 saturated carbocycles. The minimum absolute atomic E-state index is 0.0288. The first kappa shape index (κ1) is 8.10. The van der Waals surface area contributed by atoms with Gasteiger partial charge in [0.05, 0.1) is 5.92 Å². The van der Waals surface area contributed by atoms with Gasteiger partial charge in [0.1, 0.15) is 0 Å². The Morgan fingerprint density at radius 3 is 2.82 bits per heavy atom. The lowest BCUT2D eigenvalue weighted by Crippen LogP contribution is -2.60. The summed E-state index contributed by atoms with van der Waals surface area (Å²) in [5.41, 5.74) is 0. The SMILES string of the molecule is BC(=O)NC[C@H]1C(=O)N[C@@H]1C. The van der Waals surface area contributed by atoms with Crippen LogP contribution in [0.5, 0.6) is 0 Å². The zero-order valence-corrected chi connectivity index (χ0v) is 6.68. The summed E-state index contributed by atoms with van der Waals surface area (Å²) >= 11 is 0. The summed E-state index contributed by atoms with van der Waals surface area (Å²) in [6.45, 7) is 2.39. The molecule has 0 aromatic heterocycles. The highest BCUT2D eigenvalue weighted by Gasteiger charge is 2.35. The number of hydrogen-bond acceptors (Lipinski definition) is 2. The van der Waals surface area contributed by atoms with Crippen LogP contribution in [0.15, 0.2) is 0 Å². The maximum Gasteiger partial charge on any atom is 0.227 e. The molecule has 0 aromatic rings. The Morgan fingerprint density at radius 2 is 2.45 bits per heavy atom. The van der Waals surface area contributed by atoms with Crippen LogP contribution in [0.1, 0.15) is 6.92 Å². The minimum atomic E-state index is -0.0862. The Bertz CT molecular complexity index is 195. The van der Waals surface area contributed by atoms with Gasteiger partial charge >= 0.3 is 0 Å². The van der Waals surface area contributed by atoms with Gasteiger partial charge in [0, 0.05) is 12.6 Å². The number of hydrogen-bond donors (Lipinski definition) is 2. The summed E-state index contributed by atoms with van der Waals surface area (Å²) in [4.78, 5) is 21.2. The van der Waals surface area contributed by atoms with Gasteiger partial charge in [-0.15, -0.1) is 0 Å². The largest absolute Gasteiger partial charge is 0.365 e. The molecule has 5 heteroatoms. The second-order valence-corrected chi connectivity index (χ2v) is 2.84. The van der Waals surface area contributed by atoms with E-state index >= 15 is 0 Å². The van der Waals surface area contributed by atoms with Crippen molar-refractivity contribution in [3.8, 4) is 0 Å². The van der Waals surface area contributed by atoms with Crippen LogP contribution in [0, 0.1) is 5.92 Å². The second-order valence-electron chi connectivity index (χ2n) is 2.84. The maximum atomic E-state index is 10.8. The Hall–Kier alpha value is -0.995. The molecule has 11 heavy (non-hydrogen) atoms. The van der Waals surface area contributed by atoms with Crippen molar-refractivity contribution in [2.75, 3.05) is 6.54 Å². The molecule has 2 N–H and O–H groups in total. The summed E-state index contributed by atoms with van der Waals surface area (Å²) in [6.07, 6.45) is 0. The van der Waals surface area contributed by atoms with E-state index in [2.05, 4.69) is 10.6 Å². The molecule has 0 radical (unpaired) electrons. The van der Waals surface area contributed by atoms with Crippen molar-refractivity contribution in [3.63, 3.8) is 0 Å². The number of carbonyl (C=O) groups is 2. The van der Waals surface area contributed by atoms with Gasteiger partial charge in [0.25, 0.3) is 0 Å². The molecule has 1 aliphatic heterocycles. The Kier molecular flexibility index (Phi) is 2.17. The summed E-state index contributed by atoms with van der Waals surface area (Å²) in [5.74, 6) is -0.0814. The van der Waals surface area contributed by atoms with Crippen LogP contribution in [-0.2, 0) is 4.79 Å². The molecule has 0 spiro atoms. The molecule has 60 valence electrons. The van der Waals surface area contributed by atoms with E-state index in [4.69, 9.17) is 0 Å². The van der Waals surface area contributed by atoms with Crippen LogP contribution in [0.3, 0.4) is 0 Å². The molecular formula is C6H11BN2O2. The van der Waals surface area contributed by atoms with Crippen LogP contribution in [0.4, 0.5) is 4.79 Å². The lowest BCUT2D eigenvalue weighted by atomic mass is 9.92. The molecule has 1 aliphatic rings. The number of amides is 2. The predicted octanol–water partition coefficient (Wildman–Crippen LogP) is -1.54. The monoisotopic (exact) mass is 154 g/mol. The lowest BCUT2D eigenvalue weighted by Gasteiger charge is -2.33. The zero-order chi connectivity index (χ0) is 8.43. The normalized spacial score (nSPS) is 28.6. The Labute approximate surface area is 66.1 Å². The van der Waals surface area contributed by atoms with Gasteiger partial charge < -0.3 is 10.6 Å². The van der Waals surface area contributed by atoms with Gasteiger partial charge in [-0.2, -0.15) is 0 Å². The molecule has 1 rings (SSSR count). The smallest absolute Gasteiger partial charge is 0.227 e. The fourth-order valence-electron chi connectivity index (χ4n) is 1.09. The Morgan fingerprint density at radius 1 is 1.82 bits per heavy atom. The Balaban J connectivity index is 2.26. The fourth-order valence-corrected chi connectivity index (χ4v) is 1.09. The van der Waals surface area contributed by atoms with Gasteiger partial charge in [0.2, 0.25) is 13.8 Å². The lowest BCUT2D eigenvalue weighted by molar-refractivity contribution is -0.134. The van der Waals surface area contributed by atoms with E-state index in [1.165, 1.54) is 7.85 Å². The van der Waals surface area contributed by atoms with E-state index in [-0.39, 0.29) is 23.7 Å². The van der Waals surface area contributed by atoms with E-state index < -0.39 is 0 Å². The molecule has 0 bridgehead atoms. The quantitative estimate of drug-likeness (QED) is 0.374. The summed E-state index contributed by atoms with van der Waals surface area (Å²) < 4.78 is 0. The van der Waals surface area contributed by atoms with E-state index in [0.29, 0.717) is 6.54 Å². The maximum absolute atomic E-state index is 10.8. The summed E-state index contributed by atoms with van der Waals surface area (Å²) in [7, 11) is 1.45. The fraction of sp³-hybridized carbons (Fsp3) is 0.667. The van der Waals surface area contributed by atoms with Gasteiger partial charge in [-0.25, -0.2) is 0 Å². The molecule has 0 unspecified atom stereocenters. The topological polar surface area (TPSA) is 58.2 Å². The third-order valence-electron chi connectivity index (χ3n) is 1.88. The van der Waals surface area contributed by atoms with Crippen molar-refractivity contribution >= 4 is 19.6 Å². The van der Waals surface area contributed by atoms with Gasteiger partial charge in [-0.3, -0.25) is 9.59 Å². The highest BCUT2D eigenvalue weighted by atomic mass is 16.2. The van der Waals surface area contributed by atoms with E-state index in [9.17, 15) is 9.59 Å². The van der Waals surface area contributed by atoms with Crippen molar-refractivity contribution in [2.24, 2.45) is 5.92 Å². The van der Waals surface area contributed by atoms with Crippen molar-refractivity contribution < 1.29 is 9.59 Å². The van der Waals surface area contributed by atoms with Crippen molar-refractivity contribution in [1.29, 1.82) is 0 Å². The molecule has 2 atom stereocenters. The molecule has 4 nitrogen and oxygen atoms in total. The van der Waals surface area contributed by atoms with Gasteiger partial charge in [-0.05, 0) is 6.92 Å². The van der Waals surface area contributed by atoms with Crippen LogP contribution < -0.4 is 10.6 Å². The average molecular weight is 154 g/mol. The summed E-state index contributed by atoms with van der Waals surface area (Å²) in [5, 5.41) is 5.30. The average Bonchev–Trinajstić information content (AvgIpc) is 1.86. The van der Waals surface area contributed by atoms with Crippen molar-refractivity contribution in [2.45, 2.75) is 13.0 Å². The first-order valence-corrected chi connectivity index (χ1v) is 3.66. The molecule has 1 saturated heterocycles. The molecule has 2 amide bonds. The van der Waals surface area contributed by atoms with Crippen molar-refractivity contribution in [1.82, 2.24) is 10.6 Å². The standard InChI is InChI=1S/C6H11BN2O2/c1-3-4(5(10)9-3)2-8-6(7)11/h3-4H,2,7H2,1H3,(H,8,11)(H,9,10)/t3-,4-/m1/s1. The summed E-state index contributed by atoms with van der Waals surface area (Å²) in [6, 6.07) is 0.203. The van der Waals surface area contributed by atoms with Gasteiger partial charge in [-0.1, -0.05) is 0 Å². The predicted molar refractivity (Wildman–Crippen MR) is 43.0 cm³/mol. The molecule has 0 aromatic carbocycles. The molecule has 1 fully saturated rings. The van der Waals surface area contributed by atoms with E-state index in [0.717, 1.165) is 0 Å². The molecular weight excluding hydrogens is 143 g/mol. The highest BCUT2D eigenvalue weighted by Crippen LogP contribution is 2.12. The highest BCUT2D eigenvalue weighted by molar-refractivity contribution is 6.57. The second kappa shape index (κ2) is 2.94. The number of rotatable bonds is 2. The van der Waals surface area contributed by atoms with Gasteiger partial charge in [0.15, 0.2) is 5.81 Å². The zero-order valence-electron chi connectivity index (χ0n) is 6.68. The molecule has 0 aliphatic carbocycles. The van der Waals surface area contributed by atoms with Crippen LogP contribution in [0.25, 0.3) is 0 Å². The third kappa shape index (κ3) is 1.72. The van der Waals surface area contributed by atoms with Crippen LogP contribution >= 0.6 is 0 Å². The minimum Gasteiger partial charge on any atom is -0.365 e. The number of carbonyl (C=O) groups excluding carboxylic acids is 2. The van der Waals surface area contributed by atoms with Crippen molar-refractivity contribution in [3.05, 3.63) is 0 Å². The van der Waals surface area contributed by atoms with E-state index in [1.54, 1.807) is 0 Å².